The highest BCUT2D eigenvalue weighted by molar-refractivity contribution is 4.91. The van der Waals surface area contributed by atoms with Gasteiger partial charge in [0.25, 0.3) is 0 Å². The lowest BCUT2D eigenvalue weighted by Gasteiger charge is -2.38. The molecule has 6 heteroatoms. The number of tetrazole rings is 1. The fraction of sp³-hybridized carbons (Fsp3) is 0.950. The molecule has 4 rings (SSSR count). The van der Waals surface area contributed by atoms with Crippen LogP contribution < -0.4 is 9.80 Å². The van der Waals surface area contributed by atoms with Crippen molar-refractivity contribution in [1.82, 2.24) is 20.2 Å². The van der Waals surface area contributed by atoms with Gasteiger partial charge in [-0.25, -0.2) is 4.68 Å². The van der Waals surface area contributed by atoms with Gasteiger partial charge in [0.2, 0.25) is 5.82 Å². The first-order valence-electron chi connectivity index (χ1n) is 11.3. The molecule has 146 valence electrons. The van der Waals surface area contributed by atoms with E-state index in [1.165, 1.54) is 103 Å². The molecule has 0 amide bonds. The summed E-state index contributed by atoms with van der Waals surface area (Å²) in [6, 6.07) is 1.98. The molecule has 0 spiro atoms. The smallest absolute Gasteiger partial charge is 0.209 e. The standard InChI is InChI=1S/C20H36N6/c1-2-8-19(20-21-22-23-26(20)18-11-6-7-12-18)25-15-13-24(14-16-25)17-9-4-3-5-10-17/h17-19H,2-16H2,1H3/p+2/t19-/m0/s1. The first-order chi connectivity index (χ1) is 12.9. The minimum Gasteiger partial charge on any atom is -0.323 e. The lowest BCUT2D eigenvalue weighted by Crippen LogP contribution is -3.29. The van der Waals surface area contributed by atoms with Crippen molar-refractivity contribution >= 4 is 0 Å². The number of aromatic nitrogens is 4. The van der Waals surface area contributed by atoms with Gasteiger partial charge < -0.3 is 9.80 Å². The largest absolute Gasteiger partial charge is 0.323 e. The normalized spacial score (nSPS) is 29.9. The molecule has 1 aromatic heterocycles. The molecule has 0 aromatic carbocycles. The van der Waals surface area contributed by atoms with Crippen LogP contribution in [-0.2, 0) is 0 Å². The summed E-state index contributed by atoms with van der Waals surface area (Å²) in [6.45, 7) is 7.55. The second-order valence-corrected chi connectivity index (χ2v) is 8.91. The zero-order chi connectivity index (χ0) is 17.8. The fourth-order valence-corrected chi connectivity index (χ4v) is 5.80. The number of nitrogens with zero attached hydrogens (tertiary/aromatic N) is 4. The Kier molecular flexibility index (Phi) is 6.20. The third-order valence-electron chi connectivity index (χ3n) is 7.29. The zero-order valence-corrected chi connectivity index (χ0v) is 16.6. The predicted octanol–water partition coefficient (Wildman–Crippen LogP) is 0.746. The van der Waals surface area contributed by atoms with Gasteiger partial charge in [-0.3, -0.25) is 0 Å². The van der Waals surface area contributed by atoms with Crippen molar-refractivity contribution in [2.75, 3.05) is 26.2 Å². The Hall–Kier alpha value is -1.01. The van der Waals surface area contributed by atoms with Crippen LogP contribution in [0.3, 0.4) is 0 Å². The van der Waals surface area contributed by atoms with E-state index in [1.54, 1.807) is 4.90 Å². The molecule has 3 fully saturated rings. The van der Waals surface area contributed by atoms with Crippen LogP contribution >= 0.6 is 0 Å². The average Bonchev–Trinajstić information content (AvgIpc) is 3.38. The minimum absolute atomic E-state index is 0.489. The third kappa shape index (κ3) is 3.96. The first kappa shape index (κ1) is 18.4. The van der Waals surface area contributed by atoms with E-state index < -0.39 is 0 Å². The van der Waals surface area contributed by atoms with Crippen molar-refractivity contribution < 1.29 is 9.80 Å². The number of hydrogen-bond acceptors (Lipinski definition) is 3. The summed E-state index contributed by atoms with van der Waals surface area (Å²) < 4.78 is 2.21. The topological polar surface area (TPSA) is 52.5 Å². The molecule has 0 radical (unpaired) electrons. The van der Waals surface area contributed by atoms with Gasteiger partial charge in [-0.1, -0.05) is 32.6 Å². The average molecular weight is 363 g/mol. The zero-order valence-electron chi connectivity index (χ0n) is 16.6. The van der Waals surface area contributed by atoms with E-state index in [0.717, 1.165) is 6.04 Å². The highest BCUT2D eigenvalue weighted by Gasteiger charge is 2.37. The Bertz CT molecular complexity index is 538. The monoisotopic (exact) mass is 362 g/mol. The Balaban J connectivity index is 1.42. The van der Waals surface area contributed by atoms with Crippen molar-refractivity contribution in [2.45, 2.75) is 95.7 Å². The molecule has 1 aromatic rings. The van der Waals surface area contributed by atoms with Gasteiger partial charge in [0.15, 0.2) is 0 Å². The highest BCUT2D eigenvalue weighted by atomic mass is 15.6. The van der Waals surface area contributed by atoms with Crippen LogP contribution in [-0.4, -0.2) is 52.4 Å². The van der Waals surface area contributed by atoms with Gasteiger partial charge in [0, 0.05) is 6.42 Å². The molecule has 26 heavy (non-hydrogen) atoms. The first-order valence-corrected chi connectivity index (χ1v) is 11.3. The maximum absolute atomic E-state index is 4.54. The molecular weight excluding hydrogens is 324 g/mol. The maximum atomic E-state index is 4.54. The van der Waals surface area contributed by atoms with Gasteiger partial charge in [-0.2, -0.15) is 0 Å². The summed E-state index contributed by atoms with van der Waals surface area (Å²) in [7, 11) is 0. The second kappa shape index (κ2) is 8.79. The van der Waals surface area contributed by atoms with Gasteiger partial charge in [0.05, 0.1) is 12.1 Å². The van der Waals surface area contributed by atoms with Gasteiger partial charge in [-0.15, -0.1) is 5.10 Å². The molecule has 2 N–H and O–H groups in total. The number of quaternary nitrogens is 2. The molecule has 1 saturated heterocycles. The van der Waals surface area contributed by atoms with Gasteiger partial charge in [0.1, 0.15) is 32.2 Å². The van der Waals surface area contributed by atoms with Crippen LogP contribution in [0.25, 0.3) is 0 Å². The number of rotatable bonds is 6. The molecule has 3 aliphatic rings. The molecule has 6 nitrogen and oxygen atoms in total. The Morgan fingerprint density at radius 2 is 1.65 bits per heavy atom. The highest BCUT2D eigenvalue weighted by Crippen LogP contribution is 2.30. The van der Waals surface area contributed by atoms with Crippen LogP contribution in [0.1, 0.15) is 95.5 Å². The predicted molar refractivity (Wildman–Crippen MR) is 101 cm³/mol. The minimum atomic E-state index is 0.489. The Labute approximate surface area is 158 Å². The number of hydrogen-bond donors (Lipinski definition) is 2. The summed E-state index contributed by atoms with van der Waals surface area (Å²) in [5.74, 6) is 1.18. The van der Waals surface area contributed by atoms with Crippen LogP contribution in [0.2, 0.25) is 0 Å². The third-order valence-corrected chi connectivity index (χ3v) is 7.29. The van der Waals surface area contributed by atoms with E-state index >= 15 is 0 Å². The summed E-state index contributed by atoms with van der Waals surface area (Å²) in [5, 5.41) is 13.1. The number of nitrogens with one attached hydrogen (secondary N) is 2. The quantitative estimate of drug-likeness (QED) is 0.785. The fourth-order valence-electron chi connectivity index (χ4n) is 5.80. The van der Waals surface area contributed by atoms with E-state index in [9.17, 15) is 0 Å². The summed E-state index contributed by atoms with van der Waals surface area (Å²) in [5.41, 5.74) is 0. The molecule has 1 aliphatic heterocycles. The van der Waals surface area contributed by atoms with Crippen LogP contribution in [0.4, 0.5) is 0 Å². The molecule has 2 aliphatic carbocycles. The van der Waals surface area contributed by atoms with E-state index in [4.69, 9.17) is 0 Å². The lowest BCUT2D eigenvalue weighted by molar-refractivity contribution is -1.04. The van der Waals surface area contributed by atoms with Crippen molar-refractivity contribution in [3.63, 3.8) is 0 Å². The molecule has 0 unspecified atom stereocenters. The molecular formula is C20H38N6+2. The van der Waals surface area contributed by atoms with Crippen molar-refractivity contribution in [3.05, 3.63) is 5.82 Å². The summed E-state index contributed by atoms with van der Waals surface area (Å²) in [4.78, 5) is 3.62. The summed E-state index contributed by atoms with van der Waals surface area (Å²) >= 11 is 0. The lowest BCUT2D eigenvalue weighted by atomic mass is 9.93. The Morgan fingerprint density at radius 1 is 0.962 bits per heavy atom. The second-order valence-electron chi connectivity index (χ2n) is 8.91. The molecule has 2 saturated carbocycles. The van der Waals surface area contributed by atoms with E-state index in [2.05, 4.69) is 27.1 Å². The SMILES string of the molecule is CCC[C@@H](c1nnnn1C1CCCC1)[NH+]1CC[NH+](C2CCCCC2)CC1. The van der Waals surface area contributed by atoms with Crippen molar-refractivity contribution in [1.29, 1.82) is 0 Å². The van der Waals surface area contributed by atoms with Gasteiger partial charge in [-0.05, 0) is 49.0 Å². The van der Waals surface area contributed by atoms with Crippen molar-refractivity contribution in [2.24, 2.45) is 0 Å². The van der Waals surface area contributed by atoms with Crippen LogP contribution in [0.15, 0.2) is 0 Å². The van der Waals surface area contributed by atoms with E-state index in [1.807, 2.05) is 4.90 Å². The van der Waals surface area contributed by atoms with Crippen LogP contribution in [0, 0.1) is 0 Å². The van der Waals surface area contributed by atoms with Crippen LogP contribution in [0.5, 0.6) is 0 Å². The maximum Gasteiger partial charge on any atom is 0.209 e. The van der Waals surface area contributed by atoms with E-state index in [0.29, 0.717) is 12.1 Å². The number of piperazine rings is 1. The molecule has 0 bridgehead atoms. The Morgan fingerprint density at radius 3 is 2.35 bits per heavy atom. The molecule has 1 atom stereocenters. The van der Waals surface area contributed by atoms with Gasteiger partial charge >= 0.3 is 0 Å². The summed E-state index contributed by atoms with van der Waals surface area (Å²) in [6.07, 6.45) is 14.9. The molecule has 2 heterocycles. The van der Waals surface area contributed by atoms with Crippen molar-refractivity contribution in [3.8, 4) is 0 Å². The van der Waals surface area contributed by atoms with E-state index in [-0.39, 0.29) is 0 Å².